The van der Waals surface area contributed by atoms with E-state index in [-0.39, 0.29) is 0 Å². The predicted octanol–water partition coefficient (Wildman–Crippen LogP) is 7.65. The summed E-state index contributed by atoms with van der Waals surface area (Å²) in [6, 6.07) is 37.0. The number of imidazole rings is 1. The van der Waals surface area contributed by atoms with Crippen LogP contribution in [0.3, 0.4) is 0 Å². The molecule has 0 aliphatic rings. The van der Waals surface area contributed by atoms with Crippen LogP contribution in [0.15, 0.2) is 115 Å². The van der Waals surface area contributed by atoms with Crippen LogP contribution in [0.4, 0.5) is 0 Å². The van der Waals surface area contributed by atoms with Gasteiger partial charge in [0.25, 0.3) is 0 Å². The first-order chi connectivity index (χ1) is 16.8. The molecule has 3 aromatic heterocycles. The number of rotatable bonds is 3. The molecule has 0 aliphatic carbocycles. The van der Waals surface area contributed by atoms with Gasteiger partial charge in [-0.2, -0.15) is 0 Å². The summed E-state index contributed by atoms with van der Waals surface area (Å²) in [5.41, 5.74) is 6.10. The lowest BCUT2D eigenvalue weighted by Crippen LogP contribution is -1.92. The zero-order valence-corrected chi connectivity index (χ0v) is 18.2. The second-order valence-electron chi connectivity index (χ2n) is 8.33. The van der Waals surface area contributed by atoms with Crippen molar-refractivity contribution >= 4 is 38.4 Å². The Labute approximate surface area is 195 Å². The molecule has 0 saturated heterocycles. The van der Waals surface area contributed by atoms with Gasteiger partial charge in [0.15, 0.2) is 0 Å². The van der Waals surface area contributed by atoms with Crippen LogP contribution in [-0.2, 0) is 0 Å². The van der Waals surface area contributed by atoms with Crippen LogP contribution in [0.2, 0.25) is 0 Å². The lowest BCUT2D eigenvalue weighted by molar-refractivity contribution is 0.483. The average Bonchev–Trinajstić information content (AvgIpc) is 3.30. The van der Waals surface area contributed by atoms with Crippen molar-refractivity contribution in [2.45, 2.75) is 0 Å². The Morgan fingerprint density at radius 1 is 0.588 bits per heavy atom. The highest BCUT2D eigenvalue weighted by atomic mass is 16.5. The summed E-state index contributed by atoms with van der Waals surface area (Å²) in [5.74, 6) is 1.54. The first-order valence-electron chi connectivity index (χ1n) is 11.3. The van der Waals surface area contributed by atoms with E-state index in [1.165, 1.54) is 5.39 Å². The highest BCUT2D eigenvalue weighted by Crippen LogP contribution is 2.35. The van der Waals surface area contributed by atoms with Crippen LogP contribution in [0.5, 0.6) is 11.5 Å². The van der Waals surface area contributed by atoms with Crippen molar-refractivity contribution in [1.82, 2.24) is 14.4 Å². The number of ether oxygens (including phenoxy) is 1. The van der Waals surface area contributed by atoms with E-state index in [1.54, 1.807) is 6.20 Å². The summed E-state index contributed by atoms with van der Waals surface area (Å²) in [5, 5.41) is 3.41. The molecule has 34 heavy (non-hydrogen) atoms. The molecule has 0 fully saturated rings. The molecule has 4 heteroatoms. The molecule has 4 nitrogen and oxygen atoms in total. The fraction of sp³-hybridized carbons (Fsp3) is 0. The quantitative estimate of drug-likeness (QED) is 0.267. The number of para-hydroxylation sites is 3. The second kappa shape index (κ2) is 7.42. The number of aromatic nitrogens is 3. The summed E-state index contributed by atoms with van der Waals surface area (Å²) >= 11 is 0. The minimum Gasteiger partial charge on any atom is -0.457 e. The van der Waals surface area contributed by atoms with Crippen molar-refractivity contribution in [1.29, 1.82) is 0 Å². The van der Waals surface area contributed by atoms with Gasteiger partial charge in [-0.3, -0.25) is 9.38 Å². The normalized spacial score (nSPS) is 11.5. The number of fused-ring (bicyclic) bond motifs is 8. The third-order valence-electron chi connectivity index (χ3n) is 6.26. The smallest absolute Gasteiger partial charge is 0.146 e. The van der Waals surface area contributed by atoms with Crippen molar-refractivity contribution in [2.75, 3.05) is 0 Å². The van der Waals surface area contributed by atoms with Gasteiger partial charge in [0, 0.05) is 22.5 Å². The molecular weight excluding hydrogens is 418 g/mol. The van der Waals surface area contributed by atoms with Crippen LogP contribution >= 0.6 is 0 Å². The maximum absolute atomic E-state index is 6.32. The summed E-state index contributed by atoms with van der Waals surface area (Å²) in [6.45, 7) is 0. The Balaban J connectivity index is 1.42. The Bertz CT molecular complexity index is 1840. The number of hydrogen-bond donors (Lipinski definition) is 0. The van der Waals surface area contributed by atoms with Crippen molar-refractivity contribution < 1.29 is 4.74 Å². The summed E-state index contributed by atoms with van der Waals surface area (Å²) in [4.78, 5) is 9.45. The van der Waals surface area contributed by atoms with E-state index in [0.717, 1.165) is 55.7 Å². The fourth-order valence-corrected chi connectivity index (χ4v) is 4.74. The molecule has 0 saturated carbocycles. The summed E-state index contributed by atoms with van der Waals surface area (Å²) in [7, 11) is 0. The van der Waals surface area contributed by atoms with E-state index in [9.17, 15) is 0 Å². The van der Waals surface area contributed by atoms with Gasteiger partial charge in [-0.1, -0.05) is 48.5 Å². The molecular formula is C30H19N3O. The molecule has 3 heterocycles. The highest BCUT2D eigenvalue weighted by molar-refractivity contribution is 6.14. The van der Waals surface area contributed by atoms with Gasteiger partial charge >= 0.3 is 0 Å². The number of benzene rings is 4. The van der Waals surface area contributed by atoms with Crippen molar-refractivity contribution in [2.24, 2.45) is 0 Å². The standard InChI is InChI=1S/C30H19N3O/c1-3-13-28-24(10-1)23-16-15-22(19-25(23)30-32-27-12-2-4-14-29(27)33(28)30)34-21-9-7-8-20(18-21)26-11-5-6-17-31-26/h1-19H. The Hall–Kier alpha value is -4.70. The van der Waals surface area contributed by atoms with Crippen LogP contribution in [-0.4, -0.2) is 14.4 Å². The van der Waals surface area contributed by atoms with Gasteiger partial charge in [-0.05, 0) is 66.0 Å². The van der Waals surface area contributed by atoms with Crippen molar-refractivity contribution in [3.63, 3.8) is 0 Å². The maximum Gasteiger partial charge on any atom is 0.146 e. The van der Waals surface area contributed by atoms with Gasteiger partial charge in [-0.15, -0.1) is 0 Å². The lowest BCUT2D eigenvalue weighted by Gasteiger charge is -2.12. The van der Waals surface area contributed by atoms with Crippen LogP contribution in [0, 0.1) is 0 Å². The molecule has 160 valence electrons. The molecule has 0 bridgehead atoms. The van der Waals surface area contributed by atoms with Crippen LogP contribution in [0.1, 0.15) is 0 Å². The van der Waals surface area contributed by atoms with Crippen molar-refractivity contribution in [3.8, 4) is 22.8 Å². The molecule has 0 radical (unpaired) electrons. The number of pyridine rings is 2. The zero-order chi connectivity index (χ0) is 22.5. The summed E-state index contributed by atoms with van der Waals surface area (Å²) < 4.78 is 8.57. The van der Waals surface area contributed by atoms with Crippen molar-refractivity contribution in [3.05, 3.63) is 115 Å². The zero-order valence-electron chi connectivity index (χ0n) is 18.2. The minimum atomic E-state index is 0.771. The monoisotopic (exact) mass is 437 g/mol. The van der Waals surface area contributed by atoms with Gasteiger partial charge < -0.3 is 4.74 Å². The number of hydrogen-bond acceptors (Lipinski definition) is 3. The molecule has 7 aromatic rings. The van der Waals surface area contributed by atoms with E-state index in [4.69, 9.17) is 9.72 Å². The molecule has 7 rings (SSSR count). The van der Waals surface area contributed by atoms with Gasteiger partial charge in [-0.25, -0.2) is 4.98 Å². The van der Waals surface area contributed by atoms with E-state index in [0.29, 0.717) is 0 Å². The fourth-order valence-electron chi connectivity index (χ4n) is 4.74. The van der Waals surface area contributed by atoms with Crippen LogP contribution < -0.4 is 4.74 Å². The van der Waals surface area contributed by atoms with E-state index in [2.05, 4.69) is 64.0 Å². The lowest BCUT2D eigenvalue weighted by atomic mass is 10.1. The summed E-state index contributed by atoms with van der Waals surface area (Å²) in [6.07, 6.45) is 1.80. The molecule has 0 N–H and O–H groups in total. The Morgan fingerprint density at radius 2 is 1.41 bits per heavy atom. The first-order valence-corrected chi connectivity index (χ1v) is 11.3. The SMILES string of the molecule is c1ccc(-c2cccc(Oc3ccc4c5ccccc5n5c6ccccc6nc5c4c3)c2)nc1. The van der Waals surface area contributed by atoms with Gasteiger partial charge in [0.05, 0.1) is 22.2 Å². The molecule has 0 unspecified atom stereocenters. The van der Waals surface area contributed by atoms with Gasteiger partial charge in [0.1, 0.15) is 17.1 Å². The molecule has 0 atom stereocenters. The second-order valence-corrected chi connectivity index (χ2v) is 8.33. The maximum atomic E-state index is 6.32. The molecule has 0 aliphatic heterocycles. The largest absolute Gasteiger partial charge is 0.457 e. The molecule has 4 aromatic carbocycles. The average molecular weight is 438 g/mol. The van der Waals surface area contributed by atoms with E-state index < -0.39 is 0 Å². The highest BCUT2D eigenvalue weighted by Gasteiger charge is 2.14. The third-order valence-corrected chi connectivity index (χ3v) is 6.26. The van der Waals surface area contributed by atoms with E-state index >= 15 is 0 Å². The molecule has 0 amide bonds. The number of nitrogens with zero attached hydrogens (tertiary/aromatic N) is 3. The Morgan fingerprint density at radius 3 is 2.32 bits per heavy atom. The third kappa shape index (κ3) is 2.93. The molecule has 0 spiro atoms. The Kier molecular flexibility index (Phi) is 4.11. The minimum absolute atomic E-state index is 0.771. The first kappa shape index (κ1) is 18.8. The topological polar surface area (TPSA) is 39.4 Å². The van der Waals surface area contributed by atoms with E-state index in [1.807, 2.05) is 54.6 Å². The predicted molar refractivity (Wildman–Crippen MR) is 137 cm³/mol. The van der Waals surface area contributed by atoms with Gasteiger partial charge in [0.2, 0.25) is 0 Å². The van der Waals surface area contributed by atoms with Crippen LogP contribution in [0.25, 0.3) is 49.6 Å².